The van der Waals surface area contributed by atoms with Gasteiger partial charge in [0.15, 0.2) is 0 Å². The van der Waals surface area contributed by atoms with Crippen LogP contribution in [-0.4, -0.2) is 20.7 Å². The van der Waals surface area contributed by atoms with Gasteiger partial charge in [0, 0.05) is 17.8 Å². The molecule has 126 valence electrons. The number of hydrogen-bond acceptors (Lipinski definition) is 4. The molecule has 3 rings (SSSR count). The summed E-state index contributed by atoms with van der Waals surface area (Å²) in [4.78, 5) is 28.2. The van der Waals surface area contributed by atoms with Crippen LogP contribution < -0.4 is 10.9 Å². The van der Waals surface area contributed by atoms with E-state index in [1.165, 1.54) is 6.07 Å². The highest BCUT2D eigenvalue weighted by Gasteiger charge is 2.10. The van der Waals surface area contributed by atoms with E-state index in [1.54, 1.807) is 30.5 Å². The molecule has 0 bridgehead atoms. The van der Waals surface area contributed by atoms with Gasteiger partial charge in [-0.2, -0.15) is 5.10 Å². The number of aromatic nitrogens is 3. The normalized spacial score (nSPS) is 10.5. The van der Waals surface area contributed by atoms with E-state index >= 15 is 0 Å². The highest BCUT2D eigenvalue weighted by molar-refractivity contribution is 5.89. The third-order valence-corrected chi connectivity index (χ3v) is 3.76. The van der Waals surface area contributed by atoms with Gasteiger partial charge >= 0.3 is 0 Å². The third-order valence-electron chi connectivity index (χ3n) is 3.76. The van der Waals surface area contributed by atoms with Crippen LogP contribution in [0.25, 0.3) is 11.3 Å². The van der Waals surface area contributed by atoms with Crippen molar-refractivity contribution < 1.29 is 4.79 Å². The van der Waals surface area contributed by atoms with E-state index in [9.17, 15) is 9.59 Å². The van der Waals surface area contributed by atoms with Crippen molar-refractivity contribution in [3.05, 3.63) is 76.2 Å². The van der Waals surface area contributed by atoms with Crippen LogP contribution in [0.1, 0.15) is 11.1 Å². The second-order valence-electron chi connectivity index (χ2n) is 5.80. The van der Waals surface area contributed by atoms with Gasteiger partial charge < -0.3 is 5.32 Å². The summed E-state index contributed by atoms with van der Waals surface area (Å²) in [5.74, 6) is 0.0812. The van der Waals surface area contributed by atoms with Crippen molar-refractivity contribution in [3.8, 4) is 11.3 Å². The average Bonchev–Trinajstić information content (AvgIpc) is 2.60. The molecule has 0 unspecified atom stereocenters. The topological polar surface area (TPSA) is 76.9 Å². The zero-order chi connectivity index (χ0) is 17.8. The van der Waals surface area contributed by atoms with Gasteiger partial charge in [0.25, 0.3) is 5.56 Å². The van der Waals surface area contributed by atoms with Gasteiger partial charge in [-0.15, -0.1) is 0 Å². The van der Waals surface area contributed by atoms with E-state index < -0.39 is 0 Å². The van der Waals surface area contributed by atoms with Crippen LogP contribution >= 0.6 is 0 Å². The molecule has 0 spiro atoms. The Bertz CT molecular complexity index is 965. The first-order chi connectivity index (χ1) is 12.0. The Morgan fingerprint density at radius 2 is 1.96 bits per heavy atom. The number of anilines is 1. The Kier molecular flexibility index (Phi) is 4.70. The fourth-order valence-electron chi connectivity index (χ4n) is 2.47. The van der Waals surface area contributed by atoms with Gasteiger partial charge in [0.1, 0.15) is 12.4 Å². The number of hydrogen-bond donors (Lipinski definition) is 1. The number of nitrogens with one attached hydrogen (secondary N) is 1. The highest BCUT2D eigenvalue weighted by Crippen LogP contribution is 2.21. The maximum Gasteiger partial charge on any atom is 0.267 e. The summed E-state index contributed by atoms with van der Waals surface area (Å²) in [6, 6.07) is 14.4. The summed E-state index contributed by atoms with van der Waals surface area (Å²) in [6.07, 6.45) is 1.58. The van der Waals surface area contributed by atoms with E-state index in [0.29, 0.717) is 11.5 Å². The van der Waals surface area contributed by atoms with Gasteiger partial charge in [-0.25, -0.2) is 9.67 Å². The molecule has 0 aliphatic heterocycles. The molecule has 0 atom stereocenters. The maximum absolute atomic E-state index is 12.2. The molecule has 0 fully saturated rings. The Morgan fingerprint density at radius 1 is 1.12 bits per heavy atom. The standard InChI is InChI=1S/C19H18N4O2/c1-13-6-7-14(2)15(11-13)16-8-9-19(25)23(22-16)12-18(24)21-17-5-3-4-10-20-17/h3-11H,12H2,1-2H3,(H,20,21,24). The Morgan fingerprint density at radius 3 is 2.72 bits per heavy atom. The molecule has 6 nitrogen and oxygen atoms in total. The first kappa shape index (κ1) is 16.6. The summed E-state index contributed by atoms with van der Waals surface area (Å²) < 4.78 is 1.16. The molecule has 0 saturated carbocycles. The largest absolute Gasteiger partial charge is 0.309 e. The number of amides is 1. The van der Waals surface area contributed by atoms with Crippen molar-refractivity contribution in [3.63, 3.8) is 0 Å². The molecule has 1 amide bonds. The van der Waals surface area contributed by atoms with Crippen molar-refractivity contribution in [2.75, 3.05) is 5.32 Å². The van der Waals surface area contributed by atoms with Crippen molar-refractivity contribution in [1.82, 2.24) is 14.8 Å². The van der Waals surface area contributed by atoms with Gasteiger partial charge in [-0.1, -0.05) is 23.8 Å². The minimum Gasteiger partial charge on any atom is -0.309 e. The molecule has 0 radical (unpaired) electrons. The van der Waals surface area contributed by atoms with Crippen molar-refractivity contribution in [2.24, 2.45) is 0 Å². The van der Waals surface area contributed by atoms with E-state index in [-0.39, 0.29) is 18.0 Å². The summed E-state index contributed by atoms with van der Waals surface area (Å²) in [5.41, 5.74) is 3.44. The zero-order valence-corrected chi connectivity index (χ0v) is 14.1. The molecule has 2 aromatic heterocycles. The minimum absolute atomic E-state index is 0.173. The Labute approximate surface area is 145 Å². The summed E-state index contributed by atoms with van der Waals surface area (Å²) in [5, 5.41) is 7.00. The van der Waals surface area contributed by atoms with E-state index in [0.717, 1.165) is 21.4 Å². The van der Waals surface area contributed by atoms with Crippen LogP contribution in [0.2, 0.25) is 0 Å². The first-order valence-corrected chi connectivity index (χ1v) is 7.89. The van der Waals surface area contributed by atoms with Gasteiger partial charge in [-0.05, 0) is 43.7 Å². The van der Waals surface area contributed by atoms with Gasteiger partial charge in [-0.3, -0.25) is 9.59 Å². The quantitative estimate of drug-likeness (QED) is 0.795. The van der Waals surface area contributed by atoms with Crippen molar-refractivity contribution in [1.29, 1.82) is 0 Å². The second-order valence-corrected chi connectivity index (χ2v) is 5.80. The van der Waals surface area contributed by atoms with Crippen LogP contribution in [0, 0.1) is 13.8 Å². The van der Waals surface area contributed by atoms with Crippen molar-refractivity contribution >= 4 is 11.7 Å². The summed E-state index contributed by atoms with van der Waals surface area (Å²) >= 11 is 0. The molecule has 2 heterocycles. The number of pyridine rings is 1. The maximum atomic E-state index is 12.2. The molecule has 0 aliphatic carbocycles. The number of nitrogens with zero attached hydrogens (tertiary/aromatic N) is 3. The smallest absolute Gasteiger partial charge is 0.267 e. The number of carbonyl (C=O) groups excluding carboxylic acids is 1. The number of benzene rings is 1. The van der Waals surface area contributed by atoms with Crippen LogP contribution in [-0.2, 0) is 11.3 Å². The fourth-order valence-corrected chi connectivity index (χ4v) is 2.47. The molecule has 0 saturated heterocycles. The predicted octanol–water partition coefficient (Wildman–Crippen LogP) is 2.56. The summed E-state index contributed by atoms with van der Waals surface area (Å²) in [6.45, 7) is 3.81. The second kappa shape index (κ2) is 7.09. The molecule has 0 aliphatic rings. The number of carbonyl (C=O) groups is 1. The molecule has 1 aromatic carbocycles. The van der Waals surface area contributed by atoms with Crippen LogP contribution in [0.4, 0.5) is 5.82 Å². The average molecular weight is 334 g/mol. The van der Waals surface area contributed by atoms with Crippen LogP contribution in [0.5, 0.6) is 0 Å². The minimum atomic E-state index is -0.355. The molecule has 1 N–H and O–H groups in total. The SMILES string of the molecule is Cc1ccc(C)c(-c2ccc(=O)n(CC(=O)Nc3ccccn3)n2)c1. The number of aryl methyl sites for hydroxylation is 2. The Balaban J connectivity index is 1.86. The molecular formula is C19H18N4O2. The predicted molar refractivity (Wildman–Crippen MR) is 96.3 cm³/mol. The Hall–Kier alpha value is -3.28. The lowest BCUT2D eigenvalue weighted by atomic mass is 10.0. The highest BCUT2D eigenvalue weighted by atomic mass is 16.2. The van der Waals surface area contributed by atoms with Crippen molar-refractivity contribution in [2.45, 2.75) is 20.4 Å². The molecule has 25 heavy (non-hydrogen) atoms. The fraction of sp³-hybridized carbons (Fsp3) is 0.158. The number of rotatable bonds is 4. The van der Waals surface area contributed by atoms with Crippen LogP contribution in [0.3, 0.4) is 0 Å². The monoisotopic (exact) mass is 334 g/mol. The zero-order valence-electron chi connectivity index (χ0n) is 14.1. The first-order valence-electron chi connectivity index (χ1n) is 7.89. The van der Waals surface area contributed by atoms with E-state index in [2.05, 4.69) is 15.4 Å². The van der Waals surface area contributed by atoms with Gasteiger partial charge in [0.05, 0.1) is 5.69 Å². The molecular weight excluding hydrogens is 316 g/mol. The lowest BCUT2D eigenvalue weighted by Crippen LogP contribution is -2.29. The molecule has 6 heteroatoms. The van der Waals surface area contributed by atoms with E-state index in [1.807, 2.05) is 32.0 Å². The van der Waals surface area contributed by atoms with Crippen LogP contribution in [0.15, 0.2) is 59.5 Å². The lowest BCUT2D eigenvalue weighted by molar-refractivity contribution is -0.117. The van der Waals surface area contributed by atoms with E-state index in [4.69, 9.17) is 0 Å². The lowest BCUT2D eigenvalue weighted by Gasteiger charge is -2.10. The van der Waals surface area contributed by atoms with Gasteiger partial charge in [0.2, 0.25) is 5.91 Å². The molecule has 3 aromatic rings. The summed E-state index contributed by atoms with van der Waals surface area (Å²) in [7, 11) is 0. The third kappa shape index (κ3) is 3.98.